The quantitative estimate of drug-likeness (QED) is 0.881. The third kappa shape index (κ3) is 3.45. The van der Waals surface area contributed by atoms with E-state index in [1.165, 1.54) is 5.56 Å². The molecule has 1 atom stereocenters. The molecular formula is C19H24N4O2. The summed E-state index contributed by atoms with van der Waals surface area (Å²) in [6, 6.07) is 8.16. The van der Waals surface area contributed by atoms with Gasteiger partial charge in [-0.05, 0) is 37.1 Å². The number of rotatable bonds is 4. The number of aromatic amines is 1. The minimum Gasteiger partial charge on any atom is -0.497 e. The van der Waals surface area contributed by atoms with Crippen molar-refractivity contribution >= 4 is 0 Å². The summed E-state index contributed by atoms with van der Waals surface area (Å²) in [7, 11) is 1.68. The Morgan fingerprint density at radius 1 is 1.32 bits per heavy atom. The van der Waals surface area contributed by atoms with E-state index in [0.717, 1.165) is 68.4 Å². The third-order valence-electron chi connectivity index (χ3n) is 5.18. The van der Waals surface area contributed by atoms with Crippen molar-refractivity contribution < 1.29 is 4.74 Å². The molecular weight excluding hydrogens is 316 g/mol. The van der Waals surface area contributed by atoms with Gasteiger partial charge in [-0.25, -0.2) is 4.98 Å². The minimum atomic E-state index is 0.0518. The van der Waals surface area contributed by atoms with Gasteiger partial charge >= 0.3 is 0 Å². The highest BCUT2D eigenvalue weighted by molar-refractivity contribution is 5.28. The number of fused-ring (bicyclic) bond motifs is 1. The lowest BCUT2D eigenvalue weighted by molar-refractivity contribution is 0.239. The molecule has 0 saturated carbocycles. The number of benzene rings is 1. The summed E-state index contributed by atoms with van der Waals surface area (Å²) < 4.78 is 5.21. The van der Waals surface area contributed by atoms with Crippen LogP contribution in [0.2, 0.25) is 0 Å². The van der Waals surface area contributed by atoms with E-state index >= 15 is 0 Å². The summed E-state index contributed by atoms with van der Waals surface area (Å²) in [6.45, 7) is 4.37. The molecule has 1 saturated heterocycles. The number of aromatic nitrogens is 2. The SMILES string of the molecule is COc1ccc(CN2CCc3c(nc(C4CCNC4)[nH]c3=O)C2)cc1. The maximum absolute atomic E-state index is 12.4. The molecule has 2 aliphatic rings. The summed E-state index contributed by atoms with van der Waals surface area (Å²) in [5.41, 5.74) is 3.11. The number of nitrogens with zero attached hydrogens (tertiary/aromatic N) is 2. The Bertz CT molecular complexity index is 794. The van der Waals surface area contributed by atoms with E-state index in [9.17, 15) is 4.79 Å². The van der Waals surface area contributed by atoms with Crippen LogP contribution in [0.15, 0.2) is 29.1 Å². The van der Waals surface area contributed by atoms with Crippen molar-refractivity contribution in [3.05, 3.63) is 57.3 Å². The molecule has 0 bridgehead atoms. The minimum absolute atomic E-state index is 0.0518. The van der Waals surface area contributed by atoms with Gasteiger partial charge < -0.3 is 15.0 Å². The van der Waals surface area contributed by atoms with Crippen LogP contribution in [-0.2, 0) is 19.5 Å². The van der Waals surface area contributed by atoms with Gasteiger partial charge in [-0.1, -0.05) is 12.1 Å². The average molecular weight is 340 g/mol. The summed E-state index contributed by atoms with van der Waals surface area (Å²) in [4.78, 5) is 22.6. The fourth-order valence-corrected chi connectivity index (χ4v) is 3.72. The van der Waals surface area contributed by atoms with Crippen molar-refractivity contribution in [1.29, 1.82) is 0 Å². The molecule has 25 heavy (non-hydrogen) atoms. The number of hydrogen-bond acceptors (Lipinski definition) is 5. The smallest absolute Gasteiger partial charge is 0.254 e. The Kier molecular flexibility index (Phi) is 4.55. The topological polar surface area (TPSA) is 70.2 Å². The van der Waals surface area contributed by atoms with Crippen molar-refractivity contribution in [3.8, 4) is 5.75 Å². The lowest BCUT2D eigenvalue weighted by Crippen LogP contribution is -2.35. The summed E-state index contributed by atoms with van der Waals surface area (Å²) in [5.74, 6) is 2.05. The first-order valence-electron chi connectivity index (χ1n) is 8.91. The molecule has 2 aliphatic heterocycles. The zero-order valence-electron chi connectivity index (χ0n) is 14.5. The fourth-order valence-electron chi connectivity index (χ4n) is 3.72. The molecule has 1 fully saturated rings. The van der Waals surface area contributed by atoms with Gasteiger partial charge in [-0.3, -0.25) is 9.69 Å². The van der Waals surface area contributed by atoms with E-state index in [0.29, 0.717) is 5.92 Å². The molecule has 132 valence electrons. The highest BCUT2D eigenvalue weighted by atomic mass is 16.5. The highest BCUT2D eigenvalue weighted by Crippen LogP contribution is 2.22. The standard InChI is InChI=1S/C19H24N4O2/c1-25-15-4-2-13(3-5-15)11-23-9-7-16-17(12-23)21-18(22-19(16)24)14-6-8-20-10-14/h2-5,14,20H,6-12H2,1H3,(H,21,22,24). The zero-order valence-corrected chi connectivity index (χ0v) is 14.5. The summed E-state index contributed by atoms with van der Waals surface area (Å²) in [6.07, 6.45) is 1.80. The second-order valence-corrected chi connectivity index (χ2v) is 6.87. The normalized spacial score (nSPS) is 20.4. The molecule has 6 heteroatoms. The number of H-pyrrole nitrogens is 1. The molecule has 0 radical (unpaired) electrons. The average Bonchev–Trinajstić information content (AvgIpc) is 3.17. The lowest BCUT2D eigenvalue weighted by Gasteiger charge is -2.28. The Morgan fingerprint density at radius 2 is 2.16 bits per heavy atom. The van der Waals surface area contributed by atoms with E-state index in [1.807, 2.05) is 12.1 Å². The van der Waals surface area contributed by atoms with Gasteiger partial charge in [-0.15, -0.1) is 0 Å². The second-order valence-electron chi connectivity index (χ2n) is 6.87. The monoisotopic (exact) mass is 340 g/mol. The summed E-state index contributed by atoms with van der Waals surface area (Å²) >= 11 is 0. The molecule has 0 amide bonds. The highest BCUT2D eigenvalue weighted by Gasteiger charge is 2.25. The lowest BCUT2D eigenvalue weighted by atomic mass is 10.0. The van der Waals surface area contributed by atoms with E-state index < -0.39 is 0 Å². The van der Waals surface area contributed by atoms with Gasteiger partial charge in [0.25, 0.3) is 5.56 Å². The van der Waals surface area contributed by atoms with Crippen LogP contribution in [0.3, 0.4) is 0 Å². The van der Waals surface area contributed by atoms with Gasteiger partial charge in [0.2, 0.25) is 0 Å². The van der Waals surface area contributed by atoms with Crippen molar-refractivity contribution in [2.75, 3.05) is 26.7 Å². The molecule has 1 aromatic heterocycles. The largest absolute Gasteiger partial charge is 0.497 e. The zero-order chi connectivity index (χ0) is 17.2. The molecule has 1 aromatic carbocycles. The van der Waals surface area contributed by atoms with Crippen molar-refractivity contribution in [2.24, 2.45) is 0 Å². The van der Waals surface area contributed by atoms with Gasteiger partial charge in [0, 0.05) is 37.7 Å². The first kappa shape index (κ1) is 16.3. The van der Waals surface area contributed by atoms with E-state index in [4.69, 9.17) is 9.72 Å². The first-order valence-corrected chi connectivity index (χ1v) is 8.91. The number of nitrogens with one attached hydrogen (secondary N) is 2. The molecule has 2 N–H and O–H groups in total. The Morgan fingerprint density at radius 3 is 2.88 bits per heavy atom. The van der Waals surface area contributed by atoms with Crippen LogP contribution < -0.4 is 15.6 Å². The van der Waals surface area contributed by atoms with E-state index in [2.05, 4.69) is 27.3 Å². The van der Waals surface area contributed by atoms with Gasteiger partial charge in [0.1, 0.15) is 11.6 Å². The molecule has 0 spiro atoms. The van der Waals surface area contributed by atoms with Gasteiger partial charge in [0.05, 0.1) is 12.8 Å². The second kappa shape index (κ2) is 6.98. The van der Waals surface area contributed by atoms with Crippen LogP contribution in [-0.4, -0.2) is 41.6 Å². The van der Waals surface area contributed by atoms with Crippen molar-refractivity contribution in [2.45, 2.75) is 31.8 Å². The number of hydrogen-bond donors (Lipinski definition) is 2. The van der Waals surface area contributed by atoms with Crippen LogP contribution in [0, 0.1) is 0 Å². The van der Waals surface area contributed by atoms with Crippen LogP contribution in [0.5, 0.6) is 5.75 Å². The first-order chi connectivity index (χ1) is 12.2. The predicted molar refractivity (Wildman–Crippen MR) is 95.9 cm³/mol. The van der Waals surface area contributed by atoms with Gasteiger partial charge in [0.15, 0.2) is 0 Å². The van der Waals surface area contributed by atoms with Crippen molar-refractivity contribution in [3.63, 3.8) is 0 Å². The number of ether oxygens (including phenoxy) is 1. The molecule has 1 unspecified atom stereocenters. The van der Waals surface area contributed by atoms with Crippen LogP contribution >= 0.6 is 0 Å². The number of methoxy groups -OCH3 is 1. The van der Waals surface area contributed by atoms with E-state index in [1.54, 1.807) is 7.11 Å². The van der Waals surface area contributed by atoms with Crippen molar-refractivity contribution in [1.82, 2.24) is 20.2 Å². The fraction of sp³-hybridized carbons (Fsp3) is 0.474. The molecule has 4 rings (SSSR count). The molecule has 6 nitrogen and oxygen atoms in total. The van der Waals surface area contributed by atoms with Crippen LogP contribution in [0.25, 0.3) is 0 Å². The van der Waals surface area contributed by atoms with Crippen LogP contribution in [0.4, 0.5) is 0 Å². The third-order valence-corrected chi connectivity index (χ3v) is 5.18. The molecule has 3 heterocycles. The Balaban J connectivity index is 1.52. The Hall–Kier alpha value is -2.18. The van der Waals surface area contributed by atoms with Gasteiger partial charge in [-0.2, -0.15) is 0 Å². The molecule has 2 aromatic rings. The maximum Gasteiger partial charge on any atom is 0.254 e. The molecule has 0 aliphatic carbocycles. The Labute approximate surface area is 147 Å². The van der Waals surface area contributed by atoms with Crippen LogP contribution in [0.1, 0.15) is 35.0 Å². The summed E-state index contributed by atoms with van der Waals surface area (Å²) in [5, 5.41) is 3.34. The van der Waals surface area contributed by atoms with E-state index in [-0.39, 0.29) is 5.56 Å². The predicted octanol–water partition coefficient (Wildman–Crippen LogP) is 1.41. The maximum atomic E-state index is 12.4.